The maximum Gasteiger partial charge on any atom is 0.490 e. The fourth-order valence-corrected chi connectivity index (χ4v) is 3.91. The van der Waals surface area contributed by atoms with Crippen LogP contribution in [-0.4, -0.2) is 63.9 Å². The number of hydrogen-bond acceptors (Lipinski definition) is 6. The van der Waals surface area contributed by atoms with Crippen molar-refractivity contribution in [3.63, 3.8) is 0 Å². The first kappa shape index (κ1) is 32.6. The number of nitrogens with two attached hydrogens (primary N) is 1. The molecule has 0 aliphatic heterocycles. The predicted octanol–water partition coefficient (Wildman–Crippen LogP) is 2.55. The largest absolute Gasteiger partial charge is 0.490 e. The standard InChI is InChI=1S/C22H35N5O4.C2HF3O2/c23-11-5-4-8-18(21(29)30)26-22(31)27-19(14-16-6-2-1-3-7-16)20(28)25-15-17-9-12-24-13-10-17;3-2(4,5)1(6)7/h9-10,12-13,16,18-19H,1-8,11,14-15,23H2,(H,25,28)(H,29,30)(H2,26,27,31);(H,6,7)/t18-,19+;/m0./s1. The van der Waals surface area contributed by atoms with E-state index in [0.29, 0.717) is 44.7 Å². The molecule has 1 saturated carbocycles. The van der Waals surface area contributed by atoms with Gasteiger partial charge < -0.3 is 31.9 Å². The summed E-state index contributed by atoms with van der Waals surface area (Å²) < 4.78 is 31.7. The van der Waals surface area contributed by atoms with Crippen LogP contribution < -0.4 is 21.7 Å². The van der Waals surface area contributed by atoms with Gasteiger partial charge in [0.2, 0.25) is 5.91 Å². The minimum absolute atomic E-state index is 0.271. The molecule has 214 valence electrons. The van der Waals surface area contributed by atoms with Crippen LogP contribution in [0.15, 0.2) is 24.5 Å². The molecule has 11 nitrogen and oxygen atoms in total. The van der Waals surface area contributed by atoms with Crippen molar-refractivity contribution in [1.82, 2.24) is 20.9 Å². The summed E-state index contributed by atoms with van der Waals surface area (Å²) in [6.45, 7) is 0.808. The van der Waals surface area contributed by atoms with Gasteiger partial charge in [0.15, 0.2) is 0 Å². The van der Waals surface area contributed by atoms with Gasteiger partial charge in [-0.05, 0) is 55.8 Å². The molecule has 3 amide bonds. The Kier molecular flexibility index (Phi) is 14.7. The Hall–Kier alpha value is -3.42. The summed E-state index contributed by atoms with van der Waals surface area (Å²) in [5, 5.41) is 24.6. The van der Waals surface area contributed by atoms with Crippen LogP contribution in [0.3, 0.4) is 0 Å². The third-order valence-electron chi connectivity index (χ3n) is 5.92. The lowest BCUT2D eigenvalue weighted by molar-refractivity contribution is -0.192. The number of carboxylic acids is 2. The second-order valence-corrected chi connectivity index (χ2v) is 8.96. The zero-order valence-electron chi connectivity index (χ0n) is 21.0. The van der Waals surface area contributed by atoms with E-state index in [0.717, 1.165) is 31.2 Å². The molecule has 2 atom stereocenters. The molecule has 0 spiro atoms. The van der Waals surface area contributed by atoms with Crippen LogP contribution >= 0.6 is 0 Å². The van der Waals surface area contributed by atoms with Crippen LogP contribution in [0.5, 0.6) is 0 Å². The summed E-state index contributed by atoms with van der Waals surface area (Å²) in [5.74, 6) is -3.76. The number of nitrogens with one attached hydrogen (secondary N) is 3. The van der Waals surface area contributed by atoms with Gasteiger partial charge >= 0.3 is 24.1 Å². The quantitative estimate of drug-likeness (QED) is 0.216. The third kappa shape index (κ3) is 13.8. The number of halogens is 3. The zero-order valence-corrected chi connectivity index (χ0v) is 21.0. The van der Waals surface area contributed by atoms with Crippen molar-refractivity contribution in [1.29, 1.82) is 0 Å². The van der Waals surface area contributed by atoms with Crippen molar-refractivity contribution in [2.75, 3.05) is 6.54 Å². The number of aromatic nitrogens is 1. The average Bonchev–Trinajstić information content (AvgIpc) is 2.87. The number of carbonyl (C=O) groups excluding carboxylic acids is 2. The first-order chi connectivity index (χ1) is 17.9. The minimum Gasteiger partial charge on any atom is -0.480 e. The predicted molar refractivity (Wildman–Crippen MR) is 131 cm³/mol. The Balaban J connectivity index is 0.000000905. The van der Waals surface area contributed by atoms with Gasteiger partial charge in [0.05, 0.1) is 0 Å². The molecule has 1 aromatic rings. The molecule has 2 rings (SSSR count). The number of pyridine rings is 1. The summed E-state index contributed by atoms with van der Waals surface area (Å²) in [4.78, 5) is 49.7. The normalized spacial score (nSPS) is 15.3. The van der Waals surface area contributed by atoms with Gasteiger partial charge in [0.1, 0.15) is 12.1 Å². The summed E-state index contributed by atoms with van der Waals surface area (Å²) in [6, 6.07) is 1.26. The zero-order chi connectivity index (χ0) is 28.6. The number of carbonyl (C=O) groups is 4. The maximum absolute atomic E-state index is 12.9. The Bertz CT molecular complexity index is 882. The lowest BCUT2D eigenvalue weighted by Gasteiger charge is -2.27. The first-order valence-corrected chi connectivity index (χ1v) is 12.4. The SMILES string of the molecule is NCCCC[C@H](NC(=O)N[C@H](CC1CCCCC1)C(=O)NCc1ccncc1)C(=O)O.O=C(O)C(F)(F)F. The topological polar surface area (TPSA) is 184 Å². The molecular formula is C24H36F3N5O6. The molecule has 0 unspecified atom stereocenters. The molecule has 38 heavy (non-hydrogen) atoms. The van der Waals surface area contributed by atoms with Crippen molar-refractivity contribution in [3.05, 3.63) is 30.1 Å². The number of rotatable bonds is 12. The van der Waals surface area contributed by atoms with Gasteiger partial charge in [-0.1, -0.05) is 32.1 Å². The van der Waals surface area contributed by atoms with Gasteiger partial charge in [-0.25, -0.2) is 14.4 Å². The number of amides is 3. The van der Waals surface area contributed by atoms with E-state index in [-0.39, 0.29) is 5.91 Å². The highest BCUT2D eigenvalue weighted by molar-refractivity contribution is 5.88. The van der Waals surface area contributed by atoms with E-state index in [9.17, 15) is 32.7 Å². The van der Waals surface area contributed by atoms with E-state index >= 15 is 0 Å². The van der Waals surface area contributed by atoms with Crippen LogP contribution in [0.25, 0.3) is 0 Å². The van der Waals surface area contributed by atoms with E-state index in [4.69, 9.17) is 15.6 Å². The second-order valence-electron chi connectivity index (χ2n) is 8.96. The number of aliphatic carboxylic acids is 2. The van der Waals surface area contributed by atoms with Gasteiger partial charge in [0, 0.05) is 18.9 Å². The Morgan fingerprint density at radius 1 is 1.00 bits per heavy atom. The van der Waals surface area contributed by atoms with Crippen LogP contribution in [0.4, 0.5) is 18.0 Å². The fourth-order valence-electron chi connectivity index (χ4n) is 3.91. The van der Waals surface area contributed by atoms with Crippen LogP contribution in [0.1, 0.15) is 63.4 Å². The van der Waals surface area contributed by atoms with Crippen LogP contribution in [0, 0.1) is 5.92 Å². The molecule has 14 heteroatoms. The molecular weight excluding hydrogens is 511 g/mol. The third-order valence-corrected chi connectivity index (χ3v) is 5.92. The summed E-state index contributed by atoms with van der Waals surface area (Å²) >= 11 is 0. The summed E-state index contributed by atoms with van der Waals surface area (Å²) in [5.41, 5.74) is 6.37. The molecule has 1 aromatic heterocycles. The highest BCUT2D eigenvalue weighted by Crippen LogP contribution is 2.27. The number of alkyl halides is 3. The Labute approximate surface area is 218 Å². The highest BCUT2D eigenvalue weighted by Gasteiger charge is 2.38. The first-order valence-electron chi connectivity index (χ1n) is 12.4. The molecule has 0 radical (unpaired) electrons. The molecule has 1 fully saturated rings. The van der Waals surface area contributed by atoms with Gasteiger partial charge in [-0.3, -0.25) is 9.78 Å². The van der Waals surface area contributed by atoms with Crippen molar-refractivity contribution >= 4 is 23.9 Å². The monoisotopic (exact) mass is 547 g/mol. The van der Waals surface area contributed by atoms with E-state index in [1.807, 2.05) is 12.1 Å². The number of nitrogens with zero attached hydrogens (tertiary/aromatic N) is 1. The van der Waals surface area contributed by atoms with Gasteiger partial charge in [0.25, 0.3) is 0 Å². The van der Waals surface area contributed by atoms with Crippen molar-refractivity contribution < 1.29 is 42.6 Å². The van der Waals surface area contributed by atoms with Crippen LogP contribution in [0.2, 0.25) is 0 Å². The van der Waals surface area contributed by atoms with E-state index < -0.39 is 36.2 Å². The lowest BCUT2D eigenvalue weighted by Crippen LogP contribution is -2.53. The number of carboxylic acid groups (broad SMARTS) is 2. The minimum atomic E-state index is -5.08. The van der Waals surface area contributed by atoms with Gasteiger partial charge in [-0.15, -0.1) is 0 Å². The molecule has 0 aromatic carbocycles. The summed E-state index contributed by atoms with van der Waals surface area (Å²) in [7, 11) is 0. The van der Waals surface area contributed by atoms with E-state index in [2.05, 4.69) is 20.9 Å². The smallest absolute Gasteiger partial charge is 0.480 e. The van der Waals surface area contributed by atoms with Crippen molar-refractivity contribution in [2.24, 2.45) is 11.7 Å². The average molecular weight is 548 g/mol. The fraction of sp³-hybridized carbons (Fsp3) is 0.625. The van der Waals surface area contributed by atoms with Crippen LogP contribution in [-0.2, 0) is 20.9 Å². The van der Waals surface area contributed by atoms with E-state index in [1.54, 1.807) is 12.4 Å². The molecule has 1 heterocycles. The molecule has 1 aliphatic carbocycles. The van der Waals surface area contributed by atoms with Crippen molar-refractivity contribution in [3.8, 4) is 0 Å². The molecule has 7 N–H and O–H groups in total. The van der Waals surface area contributed by atoms with Crippen molar-refractivity contribution in [2.45, 2.75) is 82.6 Å². The molecule has 0 saturated heterocycles. The molecule has 1 aliphatic rings. The Morgan fingerprint density at radius 3 is 2.11 bits per heavy atom. The Morgan fingerprint density at radius 2 is 1.58 bits per heavy atom. The maximum atomic E-state index is 12.9. The second kappa shape index (κ2) is 17.2. The molecule has 0 bridgehead atoms. The highest BCUT2D eigenvalue weighted by atomic mass is 19.4. The van der Waals surface area contributed by atoms with Gasteiger partial charge in [-0.2, -0.15) is 13.2 Å². The lowest BCUT2D eigenvalue weighted by atomic mass is 9.84. The number of hydrogen-bond donors (Lipinski definition) is 6. The van der Waals surface area contributed by atoms with E-state index in [1.165, 1.54) is 6.42 Å². The summed E-state index contributed by atoms with van der Waals surface area (Å²) in [6.07, 6.45) is 5.89. The number of urea groups is 1. The number of unbranched alkanes of at least 4 members (excludes halogenated alkanes) is 1.